The van der Waals surface area contributed by atoms with E-state index in [9.17, 15) is 9.59 Å². The first-order valence-electron chi connectivity index (χ1n) is 9.07. The van der Waals surface area contributed by atoms with E-state index >= 15 is 0 Å². The van der Waals surface area contributed by atoms with Gasteiger partial charge in [0.05, 0.1) is 12.2 Å². The third-order valence-corrected chi connectivity index (χ3v) is 4.64. The summed E-state index contributed by atoms with van der Waals surface area (Å²) in [5, 5.41) is 6.24. The van der Waals surface area contributed by atoms with E-state index in [1.165, 1.54) is 0 Å². The van der Waals surface area contributed by atoms with E-state index in [0.29, 0.717) is 43.3 Å². The largest absolute Gasteiger partial charge is 0.493 e. The molecule has 6 nitrogen and oxygen atoms in total. The molecule has 0 aromatic heterocycles. The minimum atomic E-state index is -0.166. The Bertz CT molecular complexity index is 597. The Balaban J connectivity index is 0.00000338. The average Bonchev–Trinajstić information content (AvgIpc) is 2.61. The van der Waals surface area contributed by atoms with Crippen molar-refractivity contribution >= 4 is 24.2 Å². The van der Waals surface area contributed by atoms with Crippen LogP contribution >= 0.6 is 12.4 Å². The van der Waals surface area contributed by atoms with Gasteiger partial charge in [0.25, 0.3) is 5.91 Å². The molecule has 2 rings (SSSR count). The molecule has 0 radical (unpaired) electrons. The van der Waals surface area contributed by atoms with Gasteiger partial charge in [0.2, 0.25) is 5.91 Å². The van der Waals surface area contributed by atoms with Crippen molar-refractivity contribution in [2.24, 2.45) is 0 Å². The molecule has 146 valence electrons. The molecule has 1 heterocycles. The van der Waals surface area contributed by atoms with Crippen LogP contribution in [0.3, 0.4) is 0 Å². The SMILES string of the molecule is CCOc1ccccc1C(=O)NCCCC(=O)N1CCNC(C)C1C.Cl. The zero-order valence-corrected chi connectivity index (χ0v) is 16.6. The Morgan fingerprint density at radius 2 is 2.04 bits per heavy atom. The molecule has 2 amide bonds. The van der Waals surface area contributed by atoms with Crippen LogP contribution in [0.15, 0.2) is 24.3 Å². The first-order valence-corrected chi connectivity index (χ1v) is 9.07. The third-order valence-electron chi connectivity index (χ3n) is 4.64. The summed E-state index contributed by atoms with van der Waals surface area (Å²) < 4.78 is 5.48. The number of ether oxygens (including phenoxy) is 1. The molecule has 1 aliphatic heterocycles. The lowest BCUT2D eigenvalue weighted by Gasteiger charge is -2.38. The second-order valence-corrected chi connectivity index (χ2v) is 6.36. The van der Waals surface area contributed by atoms with Crippen LogP contribution < -0.4 is 15.4 Å². The number of nitrogens with one attached hydrogen (secondary N) is 2. The first-order chi connectivity index (χ1) is 12.0. The fraction of sp³-hybridized carbons (Fsp3) is 0.579. The molecule has 0 bridgehead atoms. The molecule has 2 unspecified atom stereocenters. The van der Waals surface area contributed by atoms with Gasteiger partial charge in [-0.25, -0.2) is 0 Å². The van der Waals surface area contributed by atoms with Gasteiger partial charge >= 0.3 is 0 Å². The minimum absolute atomic E-state index is 0. The Kier molecular flexibility index (Phi) is 9.44. The maximum atomic E-state index is 12.4. The lowest BCUT2D eigenvalue weighted by molar-refractivity contribution is -0.134. The molecule has 26 heavy (non-hydrogen) atoms. The van der Waals surface area contributed by atoms with Gasteiger partial charge in [-0.05, 0) is 39.3 Å². The lowest BCUT2D eigenvalue weighted by atomic mass is 10.1. The van der Waals surface area contributed by atoms with Crippen LogP contribution in [-0.2, 0) is 4.79 Å². The smallest absolute Gasteiger partial charge is 0.255 e. The molecule has 2 atom stereocenters. The molecular formula is C19H30ClN3O3. The summed E-state index contributed by atoms with van der Waals surface area (Å²) in [4.78, 5) is 26.6. The molecule has 2 N–H and O–H groups in total. The maximum absolute atomic E-state index is 12.4. The number of rotatable bonds is 7. The number of amides is 2. The number of carbonyl (C=O) groups is 2. The number of carbonyl (C=O) groups excluding carboxylic acids is 2. The summed E-state index contributed by atoms with van der Waals surface area (Å²) in [5.41, 5.74) is 0.528. The van der Waals surface area contributed by atoms with E-state index < -0.39 is 0 Å². The van der Waals surface area contributed by atoms with Crippen LogP contribution in [0.25, 0.3) is 0 Å². The van der Waals surface area contributed by atoms with Crippen molar-refractivity contribution in [3.63, 3.8) is 0 Å². The van der Waals surface area contributed by atoms with Crippen molar-refractivity contribution < 1.29 is 14.3 Å². The average molecular weight is 384 g/mol. The van der Waals surface area contributed by atoms with Gasteiger partial charge in [-0.15, -0.1) is 12.4 Å². The Labute approximate surface area is 162 Å². The molecule has 1 saturated heterocycles. The lowest BCUT2D eigenvalue weighted by Crippen LogP contribution is -2.57. The zero-order chi connectivity index (χ0) is 18.2. The Morgan fingerprint density at radius 3 is 2.77 bits per heavy atom. The monoisotopic (exact) mass is 383 g/mol. The fourth-order valence-electron chi connectivity index (χ4n) is 3.02. The molecule has 0 saturated carbocycles. The fourth-order valence-corrected chi connectivity index (χ4v) is 3.02. The van der Waals surface area contributed by atoms with Crippen molar-refractivity contribution in [1.82, 2.24) is 15.5 Å². The van der Waals surface area contributed by atoms with E-state index in [2.05, 4.69) is 24.5 Å². The van der Waals surface area contributed by atoms with E-state index in [4.69, 9.17) is 4.74 Å². The van der Waals surface area contributed by atoms with Crippen LogP contribution in [0.2, 0.25) is 0 Å². The number of piperazine rings is 1. The van der Waals surface area contributed by atoms with Crippen molar-refractivity contribution in [3.8, 4) is 5.75 Å². The van der Waals surface area contributed by atoms with Gasteiger partial charge in [0.1, 0.15) is 5.75 Å². The molecule has 7 heteroatoms. The Hall–Kier alpha value is -1.79. The standard InChI is InChI=1S/C19H29N3O3.ClH/c1-4-25-17-9-6-5-8-16(17)19(24)21-11-7-10-18(23)22-13-12-20-14(2)15(22)3;/h5-6,8-9,14-15,20H,4,7,10-13H2,1-3H3,(H,21,24);1H. The van der Waals surface area contributed by atoms with Crippen molar-refractivity contribution in [2.75, 3.05) is 26.2 Å². The number of halogens is 1. The van der Waals surface area contributed by atoms with E-state index in [0.717, 1.165) is 13.1 Å². The highest BCUT2D eigenvalue weighted by Gasteiger charge is 2.27. The zero-order valence-electron chi connectivity index (χ0n) is 15.8. The molecular weight excluding hydrogens is 354 g/mol. The van der Waals surface area contributed by atoms with Crippen molar-refractivity contribution in [1.29, 1.82) is 0 Å². The van der Waals surface area contributed by atoms with Gasteiger partial charge in [0.15, 0.2) is 0 Å². The van der Waals surface area contributed by atoms with Crippen LogP contribution in [0.1, 0.15) is 44.0 Å². The number of para-hydroxylation sites is 1. The predicted molar refractivity (Wildman–Crippen MR) is 105 cm³/mol. The van der Waals surface area contributed by atoms with Gasteiger partial charge in [-0.1, -0.05) is 12.1 Å². The molecule has 1 aromatic rings. The normalized spacial score (nSPS) is 19.4. The second kappa shape index (κ2) is 11.0. The predicted octanol–water partition coefficient (Wildman–Crippen LogP) is 2.23. The highest BCUT2D eigenvalue weighted by molar-refractivity contribution is 5.96. The topological polar surface area (TPSA) is 70.7 Å². The highest BCUT2D eigenvalue weighted by atomic mass is 35.5. The van der Waals surface area contributed by atoms with E-state index in [1.807, 2.05) is 24.0 Å². The van der Waals surface area contributed by atoms with Gasteiger partial charge in [-0.2, -0.15) is 0 Å². The third kappa shape index (κ3) is 5.88. The van der Waals surface area contributed by atoms with Crippen LogP contribution in [0.5, 0.6) is 5.75 Å². The van der Waals surface area contributed by atoms with Gasteiger partial charge < -0.3 is 20.3 Å². The number of benzene rings is 1. The quantitative estimate of drug-likeness (QED) is 0.708. The number of nitrogens with zero attached hydrogens (tertiary/aromatic N) is 1. The summed E-state index contributed by atoms with van der Waals surface area (Å²) in [6.45, 7) is 8.63. The highest BCUT2D eigenvalue weighted by Crippen LogP contribution is 2.17. The molecule has 0 spiro atoms. The molecule has 1 fully saturated rings. The van der Waals surface area contributed by atoms with Crippen LogP contribution in [0, 0.1) is 0 Å². The second-order valence-electron chi connectivity index (χ2n) is 6.36. The first kappa shape index (κ1) is 22.3. The summed E-state index contributed by atoms with van der Waals surface area (Å²) >= 11 is 0. The number of hydrogen-bond donors (Lipinski definition) is 2. The minimum Gasteiger partial charge on any atom is -0.493 e. The van der Waals surface area contributed by atoms with Crippen LogP contribution in [0.4, 0.5) is 0 Å². The van der Waals surface area contributed by atoms with Gasteiger partial charge in [-0.3, -0.25) is 9.59 Å². The Morgan fingerprint density at radius 1 is 1.31 bits per heavy atom. The molecule has 1 aromatic carbocycles. The molecule has 0 aliphatic carbocycles. The van der Waals surface area contributed by atoms with Gasteiger partial charge in [0, 0.05) is 38.1 Å². The molecule has 1 aliphatic rings. The maximum Gasteiger partial charge on any atom is 0.255 e. The van der Waals surface area contributed by atoms with Crippen molar-refractivity contribution in [3.05, 3.63) is 29.8 Å². The van der Waals surface area contributed by atoms with Crippen LogP contribution in [-0.4, -0.2) is 55.0 Å². The summed E-state index contributed by atoms with van der Waals surface area (Å²) in [6, 6.07) is 7.70. The number of hydrogen-bond acceptors (Lipinski definition) is 4. The van der Waals surface area contributed by atoms with E-state index in [-0.39, 0.29) is 30.3 Å². The summed E-state index contributed by atoms with van der Waals surface area (Å²) in [7, 11) is 0. The van der Waals surface area contributed by atoms with Crippen molar-refractivity contribution in [2.45, 2.75) is 45.7 Å². The summed E-state index contributed by atoms with van der Waals surface area (Å²) in [5.74, 6) is 0.577. The van der Waals surface area contributed by atoms with E-state index in [1.54, 1.807) is 12.1 Å². The summed E-state index contributed by atoms with van der Waals surface area (Å²) in [6.07, 6.45) is 1.08.